The van der Waals surface area contributed by atoms with Gasteiger partial charge >= 0.3 is 0 Å². The van der Waals surface area contributed by atoms with Crippen LogP contribution in [0.4, 0.5) is 5.69 Å². The molecule has 2 aromatic carbocycles. The zero-order valence-corrected chi connectivity index (χ0v) is 19.3. The monoisotopic (exact) mass is 462 g/mol. The van der Waals surface area contributed by atoms with E-state index in [0.29, 0.717) is 22.8 Å². The number of carbonyl (C=O) groups is 2. The molecule has 0 radical (unpaired) electrons. The lowest BCUT2D eigenvalue weighted by molar-refractivity contribution is -0.115. The van der Waals surface area contributed by atoms with Crippen molar-refractivity contribution in [2.24, 2.45) is 0 Å². The molecule has 0 unspecified atom stereocenters. The fraction of sp³-hybridized carbons (Fsp3) is 0.111. The number of fused-ring (bicyclic) bond motifs is 1. The molecule has 0 spiro atoms. The molecule has 0 aliphatic carbocycles. The van der Waals surface area contributed by atoms with Gasteiger partial charge in [-0.1, -0.05) is 12.1 Å². The van der Waals surface area contributed by atoms with E-state index in [9.17, 15) is 9.59 Å². The highest BCUT2D eigenvalue weighted by Crippen LogP contribution is 2.26. The van der Waals surface area contributed by atoms with Gasteiger partial charge in [0.25, 0.3) is 0 Å². The minimum atomic E-state index is -0.210. The van der Waals surface area contributed by atoms with Gasteiger partial charge in [0.2, 0.25) is 5.91 Å². The lowest BCUT2D eigenvalue weighted by atomic mass is 10.1. The average Bonchev–Trinajstić information content (AvgIpc) is 3.27. The van der Waals surface area contributed by atoms with Gasteiger partial charge in [-0.3, -0.25) is 19.6 Å². The summed E-state index contributed by atoms with van der Waals surface area (Å²) in [4.78, 5) is 37.6. The molecular formula is C27H22N6O2. The third kappa shape index (κ3) is 4.81. The van der Waals surface area contributed by atoms with Gasteiger partial charge in [0, 0.05) is 34.9 Å². The van der Waals surface area contributed by atoms with Crippen LogP contribution < -0.4 is 5.32 Å². The Bertz CT molecular complexity index is 1560. The first-order valence-electron chi connectivity index (χ1n) is 11.1. The van der Waals surface area contributed by atoms with Gasteiger partial charge in [0.05, 0.1) is 28.8 Å². The largest absolute Gasteiger partial charge is 0.326 e. The summed E-state index contributed by atoms with van der Waals surface area (Å²) in [7, 11) is 0. The molecule has 0 aliphatic rings. The molecule has 172 valence electrons. The lowest BCUT2D eigenvalue weighted by Gasteiger charge is -2.08. The van der Waals surface area contributed by atoms with Crippen molar-refractivity contribution in [2.45, 2.75) is 20.3 Å². The second kappa shape index (κ2) is 9.26. The van der Waals surface area contributed by atoms with Crippen LogP contribution in [0.2, 0.25) is 0 Å². The molecule has 5 rings (SSSR count). The van der Waals surface area contributed by atoms with Gasteiger partial charge in [-0.25, -0.2) is 9.67 Å². The minimum Gasteiger partial charge on any atom is -0.326 e. The van der Waals surface area contributed by atoms with E-state index in [-0.39, 0.29) is 18.1 Å². The standard InChI is InChI=1S/C27H22N6O2/c1-17-4-3-5-26(30-17)33-25(20-8-11-23-24(14-20)29-13-12-28-23)15-22(32-33)16-27(35)31-21-9-6-19(7-10-21)18(2)34/h3-15H,16H2,1-2H3,(H,31,35). The number of aromatic nitrogens is 5. The average molecular weight is 463 g/mol. The van der Waals surface area contributed by atoms with E-state index in [1.54, 1.807) is 41.3 Å². The van der Waals surface area contributed by atoms with E-state index < -0.39 is 0 Å². The maximum absolute atomic E-state index is 12.8. The number of hydrogen-bond donors (Lipinski definition) is 1. The van der Waals surface area contributed by atoms with Crippen molar-refractivity contribution in [3.63, 3.8) is 0 Å². The van der Waals surface area contributed by atoms with Gasteiger partial charge in [0.15, 0.2) is 11.6 Å². The molecule has 1 N–H and O–H groups in total. The fourth-order valence-electron chi connectivity index (χ4n) is 3.82. The number of nitrogens with one attached hydrogen (secondary N) is 1. The summed E-state index contributed by atoms with van der Waals surface area (Å²) < 4.78 is 1.74. The predicted octanol–water partition coefficient (Wildman–Crippen LogP) is 4.57. The van der Waals surface area contributed by atoms with Crippen molar-refractivity contribution < 1.29 is 9.59 Å². The molecule has 3 heterocycles. The number of hydrogen-bond acceptors (Lipinski definition) is 6. The smallest absolute Gasteiger partial charge is 0.230 e. The van der Waals surface area contributed by atoms with E-state index >= 15 is 0 Å². The first-order chi connectivity index (χ1) is 17.0. The Morgan fingerprint density at radius 1 is 0.914 bits per heavy atom. The van der Waals surface area contributed by atoms with E-state index in [2.05, 4.69) is 20.3 Å². The third-order valence-corrected chi connectivity index (χ3v) is 5.53. The van der Waals surface area contributed by atoms with Crippen molar-refractivity contribution in [3.8, 4) is 17.1 Å². The number of amides is 1. The molecule has 35 heavy (non-hydrogen) atoms. The molecule has 0 bridgehead atoms. The van der Waals surface area contributed by atoms with Gasteiger partial charge in [0.1, 0.15) is 0 Å². The van der Waals surface area contributed by atoms with E-state index in [1.807, 2.05) is 49.4 Å². The zero-order chi connectivity index (χ0) is 24.4. The molecular weight excluding hydrogens is 440 g/mol. The minimum absolute atomic E-state index is 0.0228. The molecule has 0 saturated carbocycles. The Labute approximate surface area is 201 Å². The molecule has 3 aromatic heterocycles. The van der Waals surface area contributed by atoms with Crippen LogP contribution in [0, 0.1) is 6.92 Å². The molecule has 0 atom stereocenters. The molecule has 5 aromatic rings. The molecule has 0 fully saturated rings. The van der Waals surface area contributed by atoms with Crippen LogP contribution in [0.25, 0.3) is 28.1 Å². The van der Waals surface area contributed by atoms with Crippen molar-refractivity contribution >= 4 is 28.4 Å². The van der Waals surface area contributed by atoms with Crippen LogP contribution in [-0.4, -0.2) is 36.4 Å². The highest BCUT2D eigenvalue weighted by molar-refractivity contribution is 5.96. The lowest BCUT2D eigenvalue weighted by Crippen LogP contribution is -2.15. The number of benzene rings is 2. The maximum atomic E-state index is 12.8. The summed E-state index contributed by atoms with van der Waals surface area (Å²) >= 11 is 0. The van der Waals surface area contributed by atoms with Crippen molar-refractivity contribution in [1.29, 1.82) is 0 Å². The molecule has 0 aliphatic heterocycles. The number of rotatable bonds is 6. The summed E-state index contributed by atoms with van der Waals surface area (Å²) in [5.41, 5.74) is 5.92. The number of anilines is 1. The first-order valence-corrected chi connectivity index (χ1v) is 11.1. The summed E-state index contributed by atoms with van der Waals surface area (Å²) in [5, 5.41) is 7.57. The van der Waals surface area contributed by atoms with Crippen LogP contribution in [0.15, 0.2) is 79.1 Å². The molecule has 1 amide bonds. The number of nitrogens with zero attached hydrogens (tertiary/aromatic N) is 5. The van der Waals surface area contributed by atoms with Crippen LogP contribution in [0.3, 0.4) is 0 Å². The van der Waals surface area contributed by atoms with Crippen molar-refractivity contribution in [3.05, 3.63) is 96.1 Å². The van der Waals surface area contributed by atoms with E-state index in [1.165, 1.54) is 6.92 Å². The zero-order valence-electron chi connectivity index (χ0n) is 19.3. The van der Waals surface area contributed by atoms with Crippen LogP contribution in [-0.2, 0) is 11.2 Å². The third-order valence-electron chi connectivity index (χ3n) is 5.53. The number of aryl methyl sites for hydroxylation is 1. The van der Waals surface area contributed by atoms with E-state index in [0.717, 1.165) is 28.0 Å². The Kier molecular flexibility index (Phi) is 5.85. The Morgan fingerprint density at radius 2 is 1.69 bits per heavy atom. The molecule has 8 heteroatoms. The van der Waals surface area contributed by atoms with Gasteiger partial charge in [-0.15, -0.1) is 0 Å². The number of carbonyl (C=O) groups excluding carboxylic acids is 2. The molecule has 0 saturated heterocycles. The summed E-state index contributed by atoms with van der Waals surface area (Å²) in [6, 6.07) is 20.2. The molecule has 8 nitrogen and oxygen atoms in total. The SMILES string of the molecule is CC(=O)c1ccc(NC(=O)Cc2cc(-c3ccc4nccnc4c3)n(-c3cccc(C)n3)n2)cc1. The Morgan fingerprint density at radius 3 is 2.43 bits per heavy atom. The maximum Gasteiger partial charge on any atom is 0.230 e. The van der Waals surface area contributed by atoms with Gasteiger partial charge < -0.3 is 5.32 Å². The van der Waals surface area contributed by atoms with Gasteiger partial charge in [-0.05, 0) is 68.4 Å². The van der Waals surface area contributed by atoms with Crippen molar-refractivity contribution in [1.82, 2.24) is 24.7 Å². The first kappa shape index (κ1) is 22.1. The predicted molar refractivity (Wildman–Crippen MR) is 133 cm³/mol. The highest BCUT2D eigenvalue weighted by atomic mass is 16.1. The Balaban J connectivity index is 1.47. The van der Waals surface area contributed by atoms with E-state index in [4.69, 9.17) is 5.10 Å². The summed E-state index contributed by atoms with van der Waals surface area (Å²) in [5.74, 6) is 0.425. The van der Waals surface area contributed by atoms with Gasteiger partial charge in [-0.2, -0.15) is 5.10 Å². The normalized spacial score (nSPS) is 10.9. The second-order valence-corrected chi connectivity index (χ2v) is 8.19. The quantitative estimate of drug-likeness (QED) is 0.371. The van der Waals surface area contributed by atoms with Crippen LogP contribution in [0.1, 0.15) is 28.7 Å². The summed E-state index contributed by atoms with van der Waals surface area (Å²) in [6.07, 6.45) is 3.39. The highest BCUT2D eigenvalue weighted by Gasteiger charge is 2.16. The van der Waals surface area contributed by atoms with Crippen LogP contribution >= 0.6 is 0 Å². The fourth-order valence-corrected chi connectivity index (χ4v) is 3.82. The Hall–Kier alpha value is -4.72. The topological polar surface area (TPSA) is 103 Å². The second-order valence-electron chi connectivity index (χ2n) is 8.19. The summed E-state index contributed by atoms with van der Waals surface area (Å²) in [6.45, 7) is 3.43. The number of Topliss-reactive ketones (excluding diaryl/α,β-unsaturated/α-hetero) is 1. The number of pyridine rings is 1. The van der Waals surface area contributed by atoms with Crippen LogP contribution in [0.5, 0.6) is 0 Å². The number of ketones is 1. The van der Waals surface area contributed by atoms with Crippen molar-refractivity contribution in [2.75, 3.05) is 5.32 Å².